The largest absolute Gasteiger partial charge is 0.487 e. The lowest BCUT2D eigenvalue weighted by atomic mass is 10.1. The second-order valence-electron chi connectivity index (χ2n) is 6.31. The van der Waals surface area contributed by atoms with Gasteiger partial charge in [-0.15, -0.1) is 11.3 Å². The Hall–Kier alpha value is -2.33. The van der Waals surface area contributed by atoms with Gasteiger partial charge in [-0.3, -0.25) is 0 Å². The molecule has 1 unspecified atom stereocenters. The molecule has 0 radical (unpaired) electrons. The van der Waals surface area contributed by atoms with Crippen LogP contribution in [0.1, 0.15) is 17.4 Å². The molecular weight excluding hydrogens is 316 g/mol. The number of fused-ring (bicyclic) bond motifs is 1. The molecule has 2 heterocycles. The van der Waals surface area contributed by atoms with Crippen molar-refractivity contribution in [3.8, 4) is 27.6 Å². The number of ether oxygens (including phenoxy) is 1. The second-order valence-corrected chi connectivity index (χ2v) is 7.52. The highest BCUT2D eigenvalue weighted by Crippen LogP contribution is 2.37. The van der Waals surface area contributed by atoms with Crippen molar-refractivity contribution in [2.45, 2.75) is 26.9 Å². The van der Waals surface area contributed by atoms with Crippen LogP contribution in [-0.2, 0) is 0 Å². The highest BCUT2D eigenvalue weighted by molar-refractivity contribution is 7.15. The molecule has 1 aromatic heterocycles. The molecule has 1 atom stereocenters. The molecule has 3 aromatic rings. The minimum absolute atomic E-state index is 0.206. The fraction of sp³-hybridized carbons (Fsp3) is 0.250. The summed E-state index contributed by atoms with van der Waals surface area (Å²) in [5.41, 5.74) is 5.68. The topological polar surface area (TPSA) is 34.2 Å². The molecule has 24 heavy (non-hydrogen) atoms. The highest BCUT2D eigenvalue weighted by atomic mass is 32.1. The van der Waals surface area contributed by atoms with Gasteiger partial charge in [-0.05, 0) is 45.0 Å². The average molecular weight is 336 g/mol. The van der Waals surface area contributed by atoms with Gasteiger partial charge in [0.25, 0.3) is 0 Å². The number of rotatable bonds is 2. The van der Waals surface area contributed by atoms with Crippen LogP contribution in [0.25, 0.3) is 21.8 Å². The van der Waals surface area contributed by atoms with Crippen molar-refractivity contribution >= 4 is 17.0 Å². The summed E-state index contributed by atoms with van der Waals surface area (Å²) in [4.78, 5) is 6.14. The molecule has 0 saturated carbocycles. The Morgan fingerprint density at radius 2 is 2.00 bits per heavy atom. The van der Waals surface area contributed by atoms with Crippen molar-refractivity contribution in [2.75, 3.05) is 11.9 Å². The van der Waals surface area contributed by atoms with Gasteiger partial charge in [0.15, 0.2) is 0 Å². The van der Waals surface area contributed by atoms with Gasteiger partial charge < -0.3 is 10.1 Å². The normalized spacial score (nSPS) is 16.2. The van der Waals surface area contributed by atoms with E-state index in [-0.39, 0.29) is 6.10 Å². The molecule has 0 bridgehead atoms. The van der Waals surface area contributed by atoms with Crippen LogP contribution in [0.3, 0.4) is 0 Å². The fourth-order valence-corrected chi connectivity index (χ4v) is 3.93. The SMILES string of the molecule is Cc1cccc(-c2nc(-c3ccc4c(c3)NCC(C)O4)c(C)s2)c1. The van der Waals surface area contributed by atoms with Crippen molar-refractivity contribution in [1.82, 2.24) is 4.98 Å². The maximum atomic E-state index is 5.86. The first-order valence-corrected chi connectivity index (χ1v) is 9.01. The third-order valence-corrected chi connectivity index (χ3v) is 5.24. The van der Waals surface area contributed by atoms with Crippen molar-refractivity contribution < 1.29 is 4.74 Å². The third kappa shape index (κ3) is 2.78. The zero-order valence-corrected chi connectivity index (χ0v) is 14.9. The zero-order chi connectivity index (χ0) is 16.7. The number of hydrogen-bond donors (Lipinski definition) is 1. The molecule has 1 aliphatic rings. The predicted octanol–water partition coefficient (Wildman–Crippen LogP) is 5.29. The predicted molar refractivity (Wildman–Crippen MR) is 101 cm³/mol. The summed E-state index contributed by atoms with van der Waals surface area (Å²) in [6.45, 7) is 7.16. The molecular formula is C20H20N2OS. The monoisotopic (exact) mass is 336 g/mol. The van der Waals surface area contributed by atoms with Gasteiger partial charge in [-0.25, -0.2) is 4.98 Å². The first-order valence-electron chi connectivity index (χ1n) is 8.19. The van der Waals surface area contributed by atoms with E-state index in [0.717, 1.165) is 34.2 Å². The molecule has 4 heteroatoms. The molecule has 0 spiro atoms. The highest BCUT2D eigenvalue weighted by Gasteiger charge is 2.18. The molecule has 0 aliphatic carbocycles. The number of benzene rings is 2. The fourth-order valence-electron chi connectivity index (χ4n) is 3.00. The first-order chi connectivity index (χ1) is 11.6. The van der Waals surface area contributed by atoms with E-state index >= 15 is 0 Å². The van der Waals surface area contributed by atoms with Crippen molar-refractivity contribution in [3.63, 3.8) is 0 Å². The second kappa shape index (κ2) is 5.95. The van der Waals surface area contributed by atoms with Gasteiger partial charge in [-0.2, -0.15) is 0 Å². The van der Waals surface area contributed by atoms with Crippen LogP contribution in [-0.4, -0.2) is 17.6 Å². The zero-order valence-electron chi connectivity index (χ0n) is 14.1. The summed E-state index contributed by atoms with van der Waals surface area (Å²) in [6.07, 6.45) is 0.206. The average Bonchev–Trinajstić information content (AvgIpc) is 2.96. The minimum Gasteiger partial charge on any atom is -0.487 e. The Balaban J connectivity index is 1.73. The van der Waals surface area contributed by atoms with E-state index in [9.17, 15) is 0 Å². The number of nitrogens with zero attached hydrogens (tertiary/aromatic N) is 1. The Kier molecular flexibility index (Phi) is 3.77. The molecule has 1 N–H and O–H groups in total. The smallest absolute Gasteiger partial charge is 0.142 e. The summed E-state index contributed by atoms with van der Waals surface area (Å²) in [7, 11) is 0. The molecule has 0 fully saturated rings. The van der Waals surface area contributed by atoms with Crippen LogP contribution in [0.5, 0.6) is 5.75 Å². The molecule has 0 saturated heterocycles. The Labute approximate surface area is 146 Å². The maximum absolute atomic E-state index is 5.86. The minimum atomic E-state index is 0.206. The van der Waals surface area contributed by atoms with E-state index in [1.807, 2.05) is 6.07 Å². The lowest BCUT2D eigenvalue weighted by molar-refractivity contribution is 0.226. The third-order valence-electron chi connectivity index (χ3n) is 4.22. The lowest BCUT2D eigenvalue weighted by Gasteiger charge is -2.25. The van der Waals surface area contributed by atoms with Gasteiger partial charge in [0.1, 0.15) is 16.9 Å². The number of nitrogens with one attached hydrogen (secondary N) is 1. The van der Waals surface area contributed by atoms with E-state index < -0.39 is 0 Å². The van der Waals surface area contributed by atoms with Gasteiger partial charge in [0.05, 0.1) is 17.9 Å². The summed E-state index contributed by atoms with van der Waals surface area (Å²) >= 11 is 1.75. The standard InChI is InChI=1S/C20H20N2OS/c1-12-5-4-6-16(9-12)20-22-19(14(3)24-20)15-7-8-18-17(10-15)21-11-13(2)23-18/h4-10,13,21H,11H2,1-3H3. The number of anilines is 1. The van der Waals surface area contributed by atoms with E-state index in [2.05, 4.69) is 62.5 Å². The first kappa shape index (κ1) is 15.2. The van der Waals surface area contributed by atoms with E-state index in [0.29, 0.717) is 0 Å². The van der Waals surface area contributed by atoms with Gasteiger partial charge in [-0.1, -0.05) is 23.8 Å². The Morgan fingerprint density at radius 1 is 1.12 bits per heavy atom. The van der Waals surface area contributed by atoms with Crippen molar-refractivity contribution in [2.24, 2.45) is 0 Å². The quantitative estimate of drug-likeness (QED) is 0.691. The summed E-state index contributed by atoms with van der Waals surface area (Å²) < 4.78 is 5.86. The van der Waals surface area contributed by atoms with Crippen molar-refractivity contribution in [1.29, 1.82) is 0 Å². The molecule has 4 rings (SSSR count). The van der Waals surface area contributed by atoms with Crippen LogP contribution in [0, 0.1) is 13.8 Å². The number of hydrogen-bond acceptors (Lipinski definition) is 4. The molecule has 0 amide bonds. The summed E-state index contributed by atoms with van der Waals surface area (Å²) in [5.74, 6) is 0.921. The Bertz CT molecular complexity index is 900. The van der Waals surface area contributed by atoms with Crippen LogP contribution in [0.2, 0.25) is 0 Å². The van der Waals surface area contributed by atoms with Crippen LogP contribution in [0.15, 0.2) is 42.5 Å². The maximum Gasteiger partial charge on any atom is 0.142 e. The van der Waals surface area contributed by atoms with E-state index in [4.69, 9.17) is 9.72 Å². The van der Waals surface area contributed by atoms with Crippen LogP contribution in [0.4, 0.5) is 5.69 Å². The summed E-state index contributed by atoms with van der Waals surface area (Å²) in [6, 6.07) is 14.8. The van der Waals surface area contributed by atoms with Gasteiger partial charge >= 0.3 is 0 Å². The van der Waals surface area contributed by atoms with E-state index in [1.54, 1.807) is 11.3 Å². The van der Waals surface area contributed by atoms with Crippen molar-refractivity contribution in [3.05, 3.63) is 52.9 Å². The lowest BCUT2D eigenvalue weighted by Crippen LogP contribution is -2.27. The van der Waals surface area contributed by atoms with Crippen LogP contribution < -0.4 is 10.1 Å². The molecule has 1 aliphatic heterocycles. The Morgan fingerprint density at radius 3 is 2.83 bits per heavy atom. The molecule has 2 aromatic carbocycles. The molecule has 122 valence electrons. The number of aromatic nitrogens is 1. The van der Waals surface area contributed by atoms with Crippen LogP contribution >= 0.6 is 11.3 Å². The van der Waals surface area contributed by atoms with Gasteiger partial charge in [0.2, 0.25) is 0 Å². The summed E-state index contributed by atoms with van der Waals surface area (Å²) in [5, 5.41) is 4.51. The van der Waals surface area contributed by atoms with Gasteiger partial charge in [0, 0.05) is 16.0 Å². The van der Waals surface area contributed by atoms with E-state index in [1.165, 1.54) is 16.0 Å². The molecule has 3 nitrogen and oxygen atoms in total. The number of thiazole rings is 1. The number of aryl methyl sites for hydroxylation is 2.